The van der Waals surface area contributed by atoms with Gasteiger partial charge in [-0.2, -0.15) is 0 Å². The van der Waals surface area contributed by atoms with Crippen molar-refractivity contribution in [3.05, 3.63) is 29.8 Å². The SMILES string of the molecule is CC1(C)C(CNS(=O)(=O)Cc2ccccc2N)C1(C)C. The summed E-state index contributed by atoms with van der Waals surface area (Å²) < 4.78 is 27.0. The van der Waals surface area contributed by atoms with Crippen molar-refractivity contribution in [1.29, 1.82) is 0 Å². The van der Waals surface area contributed by atoms with Crippen LogP contribution in [0.25, 0.3) is 0 Å². The van der Waals surface area contributed by atoms with Gasteiger partial charge in [0.2, 0.25) is 10.0 Å². The van der Waals surface area contributed by atoms with Gasteiger partial charge in [0.25, 0.3) is 0 Å². The minimum Gasteiger partial charge on any atom is -0.398 e. The van der Waals surface area contributed by atoms with Crippen LogP contribution in [0.4, 0.5) is 5.69 Å². The van der Waals surface area contributed by atoms with E-state index in [1.807, 2.05) is 0 Å². The molecule has 3 N–H and O–H groups in total. The molecule has 1 aromatic rings. The van der Waals surface area contributed by atoms with Gasteiger partial charge in [0.05, 0.1) is 5.75 Å². The van der Waals surface area contributed by atoms with Gasteiger partial charge >= 0.3 is 0 Å². The average molecular weight is 296 g/mol. The molecule has 1 saturated carbocycles. The maximum absolute atomic E-state index is 12.1. The molecule has 1 aliphatic carbocycles. The summed E-state index contributed by atoms with van der Waals surface area (Å²) in [4.78, 5) is 0. The molecule has 1 aliphatic rings. The van der Waals surface area contributed by atoms with Crippen molar-refractivity contribution >= 4 is 15.7 Å². The summed E-state index contributed by atoms with van der Waals surface area (Å²) in [6.45, 7) is 9.22. The van der Waals surface area contributed by atoms with E-state index in [9.17, 15) is 8.42 Å². The Bertz CT molecular complexity index is 592. The van der Waals surface area contributed by atoms with Gasteiger partial charge in [-0.3, -0.25) is 0 Å². The maximum atomic E-state index is 12.1. The van der Waals surface area contributed by atoms with E-state index in [2.05, 4.69) is 32.4 Å². The van der Waals surface area contributed by atoms with Crippen molar-refractivity contribution in [2.45, 2.75) is 33.4 Å². The quantitative estimate of drug-likeness (QED) is 0.819. The van der Waals surface area contributed by atoms with E-state index in [1.54, 1.807) is 24.3 Å². The minimum absolute atomic E-state index is 0.0623. The Balaban J connectivity index is 1.98. The summed E-state index contributed by atoms with van der Waals surface area (Å²) in [6, 6.07) is 7.07. The first-order valence-electron chi connectivity index (χ1n) is 6.88. The van der Waals surface area contributed by atoms with Gasteiger partial charge in [0.1, 0.15) is 0 Å². The normalized spacial score (nSPS) is 20.8. The predicted molar refractivity (Wildman–Crippen MR) is 82.5 cm³/mol. The molecular formula is C15H24N2O2S. The molecule has 0 radical (unpaired) electrons. The van der Waals surface area contributed by atoms with Crippen LogP contribution in [0.5, 0.6) is 0 Å². The highest BCUT2D eigenvalue weighted by Crippen LogP contribution is 2.67. The molecule has 2 rings (SSSR count). The fourth-order valence-corrected chi connectivity index (χ4v) is 4.17. The lowest BCUT2D eigenvalue weighted by molar-refractivity contribution is 0.457. The summed E-state index contributed by atoms with van der Waals surface area (Å²) in [5.74, 6) is 0.311. The van der Waals surface area contributed by atoms with Crippen molar-refractivity contribution in [2.24, 2.45) is 16.7 Å². The van der Waals surface area contributed by atoms with Crippen molar-refractivity contribution in [3.8, 4) is 0 Å². The van der Waals surface area contributed by atoms with Crippen LogP contribution in [0.1, 0.15) is 33.3 Å². The number of anilines is 1. The largest absolute Gasteiger partial charge is 0.398 e. The van der Waals surface area contributed by atoms with E-state index in [4.69, 9.17) is 5.73 Å². The number of para-hydroxylation sites is 1. The number of sulfonamides is 1. The van der Waals surface area contributed by atoms with Crippen molar-refractivity contribution in [1.82, 2.24) is 4.72 Å². The van der Waals surface area contributed by atoms with Gasteiger partial charge in [-0.15, -0.1) is 0 Å². The first-order valence-corrected chi connectivity index (χ1v) is 8.54. The Kier molecular flexibility index (Phi) is 3.63. The molecule has 0 heterocycles. The van der Waals surface area contributed by atoms with Crippen molar-refractivity contribution in [3.63, 3.8) is 0 Å². The molecule has 20 heavy (non-hydrogen) atoms. The fourth-order valence-electron chi connectivity index (χ4n) is 2.98. The summed E-state index contributed by atoms with van der Waals surface area (Å²) in [5, 5.41) is 0. The number of hydrogen-bond donors (Lipinski definition) is 2. The standard InChI is InChI=1S/C15H24N2O2S/c1-14(2)13(15(14,3)4)9-17-20(18,19)10-11-7-5-6-8-12(11)16/h5-8,13,17H,9-10,16H2,1-4H3. The average Bonchev–Trinajstić information content (AvgIpc) is 2.70. The summed E-state index contributed by atoms with van der Waals surface area (Å²) in [7, 11) is -3.34. The molecule has 4 nitrogen and oxygen atoms in total. The number of rotatable bonds is 5. The highest BCUT2D eigenvalue weighted by atomic mass is 32.2. The third-order valence-electron chi connectivity index (χ3n) is 5.23. The topological polar surface area (TPSA) is 72.2 Å². The molecular weight excluding hydrogens is 272 g/mol. The lowest BCUT2D eigenvalue weighted by Gasteiger charge is -2.09. The highest BCUT2D eigenvalue weighted by molar-refractivity contribution is 7.88. The number of nitrogens with one attached hydrogen (secondary N) is 1. The Morgan fingerprint density at radius 1 is 1.15 bits per heavy atom. The maximum Gasteiger partial charge on any atom is 0.215 e. The number of nitrogens with two attached hydrogens (primary N) is 1. The van der Waals surface area contributed by atoms with Crippen LogP contribution in [0, 0.1) is 16.7 Å². The first kappa shape index (κ1) is 15.3. The fraction of sp³-hybridized carbons (Fsp3) is 0.600. The van der Waals surface area contributed by atoms with Gasteiger partial charge in [-0.05, 0) is 28.4 Å². The lowest BCUT2D eigenvalue weighted by atomic mass is 10.0. The van der Waals surface area contributed by atoms with Crippen LogP contribution < -0.4 is 10.5 Å². The van der Waals surface area contributed by atoms with Crippen LogP contribution in [0.3, 0.4) is 0 Å². The van der Waals surface area contributed by atoms with E-state index >= 15 is 0 Å². The van der Waals surface area contributed by atoms with Gasteiger partial charge in [0.15, 0.2) is 0 Å². The molecule has 1 fully saturated rings. The Morgan fingerprint density at radius 2 is 1.70 bits per heavy atom. The van der Waals surface area contributed by atoms with E-state index in [0.29, 0.717) is 23.7 Å². The zero-order valence-electron chi connectivity index (χ0n) is 12.6. The van der Waals surface area contributed by atoms with Gasteiger partial charge in [-0.25, -0.2) is 13.1 Å². The number of hydrogen-bond acceptors (Lipinski definition) is 3. The van der Waals surface area contributed by atoms with Gasteiger partial charge in [0, 0.05) is 12.2 Å². The highest BCUT2D eigenvalue weighted by Gasteiger charge is 2.64. The monoisotopic (exact) mass is 296 g/mol. The summed E-state index contributed by atoms with van der Waals surface area (Å²) in [5.41, 5.74) is 7.32. The van der Waals surface area contributed by atoms with Crippen LogP contribution in [-0.4, -0.2) is 15.0 Å². The number of nitrogen functional groups attached to an aromatic ring is 1. The Labute approximate surface area is 121 Å². The summed E-state index contributed by atoms with van der Waals surface area (Å²) in [6.07, 6.45) is 0. The van der Waals surface area contributed by atoms with Crippen LogP contribution in [0.15, 0.2) is 24.3 Å². The molecule has 5 heteroatoms. The molecule has 0 spiro atoms. The lowest BCUT2D eigenvalue weighted by Crippen LogP contribution is -2.28. The molecule has 112 valence electrons. The predicted octanol–water partition coefficient (Wildman–Crippen LogP) is 2.37. The summed E-state index contributed by atoms with van der Waals surface area (Å²) >= 11 is 0. The second-order valence-electron chi connectivity index (χ2n) is 6.80. The molecule has 0 atom stereocenters. The van der Waals surface area contributed by atoms with E-state index in [1.165, 1.54) is 0 Å². The molecule has 0 saturated heterocycles. The molecule has 0 bridgehead atoms. The van der Waals surface area contributed by atoms with Crippen molar-refractivity contribution < 1.29 is 8.42 Å². The third kappa shape index (κ3) is 2.69. The number of benzene rings is 1. The third-order valence-corrected chi connectivity index (χ3v) is 6.53. The second kappa shape index (κ2) is 4.74. The van der Waals surface area contributed by atoms with Crippen LogP contribution in [0.2, 0.25) is 0 Å². The molecule has 1 aromatic carbocycles. The zero-order valence-corrected chi connectivity index (χ0v) is 13.4. The molecule has 0 aliphatic heterocycles. The zero-order chi connectivity index (χ0) is 15.2. The van der Waals surface area contributed by atoms with Gasteiger partial charge in [-0.1, -0.05) is 45.9 Å². The molecule has 0 aromatic heterocycles. The Hall–Kier alpha value is -1.07. The molecule has 0 amide bonds. The first-order chi connectivity index (χ1) is 9.08. The minimum atomic E-state index is -3.34. The second-order valence-corrected chi connectivity index (χ2v) is 8.61. The van der Waals surface area contributed by atoms with Crippen molar-refractivity contribution in [2.75, 3.05) is 12.3 Å². The van der Waals surface area contributed by atoms with Crippen LogP contribution in [-0.2, 0) is 15.8 Å². The van der Waals surface area contributed by atoms with E-state index in [-0.39, 0.29) is 16.6 Å². The van der Waals surface area contributed by atoms with Crippen LogP contribution >= 0.6 is 0 Å². The van der Waals surface area contributed by atoms with E-state index < -0.39 is 10.0 Å². The Morgan fingerprint density at radius 3 is 2.20 bits per heavy atom. The van der Waals surface area contributed by atoms with Gasteiger partial charge < -0.3 is 5.73 Å². The smallest absolute Gasteiger partial charge is 0.215 e. The molecule has 0 unspecified atom stereocenters. The van der Waals surface area contributed by atoms with E-state index in [0.717, 1.165) is 0 Å².